The molecule has 1 heterocycles. The van der Waals surface area contributed by atoms with Gasteiger partial charge in [0.25, 0.3) is 0 Å². The molecule has 0 aliphatic rings. The first-order chi connectivity index (χ1) is 12.2. The summed E-state index contributed by atoms with van der Waals surface area (Å²) in [4.78, 5) is 20.6. The van der Waals surface area contributed by atoms with Crippen molar-refractivity contribution in [1.29, 1.82) is 0 Å². The molecule has 1 aromatic carbocycles. The van der Waals surface area contributed by atoms with Gasteiger partial charge >= 0.3 is 7.60 Å². The molecule has 0 amide bonds. The van der Waals surface area contributed by atoms with Gasteiger partial charge in [0.1, 0.15) is 5.75 Å². The highest BCUT2D eigenvalue weighted by molar-refractivity contribution is 7.51. The second-order valence-electron chi connectivity index (χ2n) is 6.93. The largest absolute Gasteiger partial charge is 0.494 e. The van der Waals surface area contributed by atoms with Crippen LogP contribution in [0.25, 0.3) is 0 Å². The first-order valence-electron chi connectivity index (χ1n) is 8.82. The maximum Gasteiger partial charge on any atom is 0.325 e. The molecule has 1 atom stereocenters. The van der Waals surface area contributed by atoms with Gasteiger partial charge in [0.05, 0.1) is 12.8 Å². The molecule has 0 saturated carbocycles. The number of thiophene rings is 1. The summed E-state index contributed by atoms with van der Waals surface area (Å²) in [5.74, 6) is 0.900. The van der Waals surface area contributed by atoms with E-state index in [4.69, 9.17) is 20.3 Å². The number of para-hydroxylation sites is 1. The molecule has 0 saturated heterocycles. The molecule has 0 fully saturated rings. The van der Waals surface area contributed by atoms with Crippen LogP contribution in [-0.2, 0) is 17.4 Å². The average molecular weight is 397 g/mol. The van der Waals surface area contributed by atoms with Crippen LogP contribution in [0.5, 0.6) is 5.75 Å². The second kappa shape index (κ2) is 9.67. The zero-order valence-corrected chi connectivity index (χ0v) is 16.8. The van der Waals surface area contributed by atoms with Gasteiger partial charge < -0.3 is 20.3 Å². The van der Waals surface area contributed by atoms with Crippen LogP contribution in [-0.4, -0.2) is 28.1 Å². The summed E-state index contributed by atoms with van der Waals surface area (Å²) >= 11 is 1.78. The van der Waals surface area contributed by atoms with Gasteiger partial charge in [0.2, 0.25) is 0 Å². The van der Waals surface area contributed by atoms with Crippen molar-refractivity contribution in [3.63, 3.8) is 0 Å². The molecule has 1 aromatic heterocycles. The van der Waals surface area contributed by atoms with Gasteiger partial charge in [-0.3, -0.25) is 4.57 Å². The van der Waals surface area contributed by atoms with E-state index in [0.29, 0.717) is 19.4 Å². The highest BCUT2D eigenvalue weighted by atomic mass is 32.1. The van der Waals surface area contributed by atoms with E-state index < -0.39 is 13.1 Å². The van der Waals surface area contributed by atoms with Gasteiger partial charge in [-0.05, 0) is 63.3 Å². The Hall–Kier alpha value is -1.17. The van der Waals surface area contributed by atoms with Crippen molar-refractivity contribution in [2.24, 2.45) is 5.73 Å². The normalized spacial score (nSPS) is 14.2. The monoisotopic (exact) mass is 397 g/mol. The third-order valence-corrected chi connectivity index (χ3v) is 6.22. The van der Waals surface area contributed by atoms with Crippen LogP contribution in [0.1, 0.15) is 35.9 Å². The molecular formula is C19H28NO4PS. The predicted molar refractivity (Wildman–Crippen MR) is 107 cm³/mol. The van der Waals surface area contributed by atoms with E-state index in [-0.39, 0.29) is 6.16 Å². The number of nitrogens with two attached hydrogens (primary N) is 1. The number of aryl methyl sites for hydroxylation is 2. The van der Waals surface area contributed by atoms with E-state index in [1.807, 2.05) is 37.3 Å². The fourth-order valence-electron chi connectivity index (χ4n) is 2.58. The van der Waals surface area contributed by atoms with Gasteiger partial charge in [0.15, 0.2) is 0 Å². The zero-order valence-electron chi connectivity index (χ0n) is 15.1. The summed E-state index contributed by atoms with van der Waals surface area (Å²) in [6.07, 6.45) is 3.66. The van der Waals surface area contributed by atoms with Gasteiger partial charge in [-0.25, -0.2) is 0 Å². The molecule has 0 aliphatic heterocycles. The lowest BCUT2D eigenvalue weighted by molar-refractivity contribution is 0.311. The van der Waals surface area contributed by atoms with Gasteiger partial charge in [-0.2, -0.15) is 0 Å². The van der Waals surface area contributed by atoms with Gasteiger partial charge in [-0.1, -0.05) is 18.2 Å². The maximum absolute atomic E-state index is 11.0. The van der Waals surface area contributed by atoms with Crippen LogP contribution in [0.3, 0.4) is 0 Å². The Balaban J connectivity index is 1.69. The van der Waals surface area contributed by atoms with Crippen LogP contribution in [0.15, 0.2) is 42.5 Å². The first kappa shape index (κ1) is 21.1. The first-order valence-corrected chi connectivity index (χ1v) is 11.4. The lowest BCUT2D eigenvalue weighted by Gasteiger charge is -2.24. The van der Waals surface area contributed by atoms with Crippen molar-refractivity contribution < 1.29 is 19.1 Å². The summed E-state index contributed by atoms with van der Waals surface area (Å²) in [6.45, 7) is 2.55. The standard InChI is InChI=1S/C19H28NO4PS/c1-19(20,13-15-25(21,22)23)12-11-18-10-9-17(26-18)8-5-14-24-16-6-3-2-4-7-16/h2-4,6-7,9-10H,5,8,11-15,20H2,1H3,(H2,21,22,23). The molecule has 4 N–H and O–H groups in total. The van der Waals surface area contributed by atoms with Crippen LogP contribution in [0.2, 0.25) is 0 Å². The minimum absolute atomic E-state index is 0.156. The Bertz CT molecular complexity index is 711. The minimum atomic E-state index is -3.98. The van der Waals surface area contributed by atoms with Gasteiger partial charge in [-0.15, -0.1) is 11.3 Å². The van der Waals surface area contributed by atoms with Crippen molar-refractivity contribution in [3.05, 3.63) is 52.2 Å². The molecular weight excluding hydrogens is 369 g/mol. The Kier molecular flexibility index (Phi) is 7.86. The van der Waals surface area contributed by atoms with Crippen molar-refractivity contribution in [3.8, 4) is 5.75 Å². The molecule has 0 spiro atoms. The molecule has 144 valence electrons. The van der Waals surface area contributed by atoms with Crippen molar-refractivity contribution >= 4 is 18.9 Å². The molecule has 26 heavy (non-hydrogen) atoms. The van der Waals surface area contributed by atoms with Crippen LogP contribution < -0.4 is 10.5 Å². The second-order valence-corrected chi connectivity index (χ2v) is 9.95. The Morgan fingerprint density at radius 3 is 2.38 bits per heavy atom. The number of hydrogen-bond acceptors (Lipinski definition) is 4. The summed E-state index contributed by atoms with van der Waals surface area (Å²) in [6, 6.07) is 14.1. The number of hydrogen-bond donors (Lipinski definition) is 3. The molecule has 0 bridgehead atoms. The molecule has 7 heteroatoms. The molecule has 0 aliphatic carbocycles. The molecule has 2 aromatic rings. The van der Waals surface area contributed by atoms with Crippen LogP contribution >= 0.6 is 18.9 Å². The zero-order chi connectivity index (χ0) is 19.0. The summed E-state index contributed by atoms with van der Waals surface area (Å²) < 4.78 is 16.7. The average Bonchev–Trinajstić information content (AvgIpc) is 3.04. The minimum Gasteiger partial charge on any atom is -0.494 e. The van der Waals surface area contributed by atoms with E-state index in [9.17, 15) is 4.57 Å². The summed E-state index contributed by atoms with van der Waals surface area (Å²) in [5.41, 5.74) is 5.62. The van der Waals surface area contributed by atoms with Crippen molar-refractivity contribution in [2.75, 3.05) is 12.8 Å². The van der Waals surface area contributed by atoms with E-state index in [1.165, 1.54) is 9.75 Å². The lowest BCUT2D eigenvalue weighted by Crippen LogP contribution is -2.37. The van der Waals surface area contributed by atoms with E-state index in [2.05, 4.69) is 12.1 Å². The lowest BCUT2D eigenvalue weighted by atomic mass is 9.94. The third-order valence-electron chi connectivity index (χ3n) is 4.21. The topological polar surface area (TPSA) is 92.8 Å². The molecule has 5 nitrogen and oxygen atoms in total. The van der Waals surface area contributed by atoms with E-state index >= 15 is 0 Å². The van der Waals surface area contributed by atoms with E-state index in [0.717, 1.165) is 25.0 Å². The predicted octanol–water partition coefficient (Wildman–Crippen LogP) is 3.98. The van der Waals surface area contributed by atoms with E-state index in [1.54, 1.807) is 11.3 Å². The summed E-state index contributed by atoms with van der Waals surface area (Å²) in [5, 5.41) is 0. The Morgan fingerprint density at radius 1 is 1.08 bits per heavy atom. The molecule has 1 unspecified atom stereocenters. The third kappa shape index (κ3) is 8.47. The van der Waals surface area contributed by atoms with Crippen LogP contribution in [0, 0.1) is 0 Å². The quantitative estimate of drug-likeness (QED) is 0.394. The van der Waals surface area contributed by atoms with Crippen LogP contribution in [0.4, 0.5) is 0 Å². The summed E-state index contributed by atoms with van der Waals surface area (Å²) in [7, 11) is -3.98. The maximum atomic E-state index is 11.0. The number of rotatable bonds is 11. The number of benzene rings is 1. The van der Waals surface area contributed by atoms with Crippen molar-refractivity contribution in [1.82, 2.24) is 0 Å². The molecule has 0 radical (unpaired) electrons. The van der Waals surface area contributed by atoms with Crippen molar-refractivity contribution in [2.45, 2.75) is 44.6 Å². The highest BCUT2D eigenvalue weighted by Gasteiger charge is 2.23. The SMILES string of the molecule is CC(N)(CCc1ccc(CCCOc2ccccc2)s1)CCP(=O)(O)O. The van der Waals surface area contributed by atoms with Gasteiger partial charge in [0, 0.05) is 15.3 Å². The Labute approximate surface area is 159 Å². The highest BCUT2D eigenvalue weighted by Crippen LogP contribution is 2.37. The Morgan fingerprint density at radius 2 is 1.73 bits per heavy atom. The number of ether oxygens (including phenoxy) is 1. The smallest absolute Gasteiger partial charge is 0.325 e. The molecule has 2 rings (SSSR count). The fraction of sp³-hybridized carbons (Fsp3) is 0.474. The fourth-order valence-corrected chi connectivity index (χ4v) is 4.44.